The van der Waals surface area contributed by atoms with Crippen LogP contribution in [0.5, 0.6) is 0 Å². The largest absolute Gasteiger partial charge is 0.389 e. The van der Waals surface area contributed by atoms with Gasteiger partial charge in [-0.05, 0) is 67.9 Å². The second-order valence-corrected chi connectivity index (χ2v) is 10.6. The number of aliphatic hydroxyl groups excluding tert-OH is 1. The van der Waals surface area contributed by atoms with Crippen molar-refractivity contribution in [3.63, 3.8) is 0 Å². The second kappa shape index (κ2) is 9.53. The molecule has 2 aromatic heterocycles. The Kier molecular flexibility index (Phi) is 6.16. The summed E-state index contributed by atoms with van der Waals surface area (Å²) >= 11 is 0. The smallest absolute Gasteiger partial charge is 0.254 e. The number of likely N-dealkylation sites (tertiary alicyclic amines) is 1. The molecule has 2 aromatic carbocycles. The number of anilines is 1. The number of carbonyl (C=O) groups excluding carboxylic acids is 1. The van der Waals surface area contributed by atoms with E-state index in [2.05, 4.69) is 58.9 Å². The Labute approximate surface area is 221 Å². The van der Waals surface area contributed by atoms with Gasteiger partial charge in [-0.1, -0.05) is 6.07 Å². The van der Waals surface area contributed by atoms with Crippen molar-refractivity contribution in [1.82, 2.24) is 19.8 Å². The molecule has 2 N–H and O–H groups in total. The summed E-state index contributed by atoms with van der Waals surface area (Å²) in [7, 11) is 2.16. The number of nitrogens with one attached hydrogen (secondary N) is 1. The highest BCUT2D eigenvalue weighted by Gasteiger charge is 2.30. The van der Waals surface area contributed by atoms with Gasteiger partial charge in [0.05, 0.1) is 6.10 Å². The highest BCUT2D eigenvalue weighted by atomic mass is 19.1. The maximum Gasteiger partial charge on any atom is 0.254 e. The lowest BCUT2D eigenvalue weighted by Crippen LogP contribution is -2.53. The molecule has 7 nitrogen and oxygen atoms in total. The van der Waals surface area contributed by atoms with Gasteiger partial charge in [-0.3, -0.25) is 4.79 Å². The standard InChI is InChI=1S/C30H32FN5O2/c1-18-10-21(11-19(2)28(18)35-8-6-34(3)7-9-35)22-12-25-26(15-33-29(25)32-14-22)24-5-4-20(13-27(24)31)30(38)36-16-23(37)17-36/h4-5,10-15,23,37H,6-9,16-17H2,1-3H3,(H,32,33). The van der Waals surface area contributed by atoms with Gasteiger partial charge < -0.3 is 24.8 Å². The molecule has 0 radical (unpaired) electrons. The number of aliphatic hydroxyl groups is 1. The van der Waals surface area contributed by atoms with Crippen LogP contribution >= 0.6 is 0 Å². The number of halogens is 1. The summed E-state index contributed by atoms with van der Waals surface area (Å²) in [5.41, 5.74) is 7.91. The summed E-state index contributed by atoms with van der Waals surface area (Å²) in [6.45, 7) is 9.06. The van der Waals surface area contributed by atoms with Crippen LogP contribution in [0.3, 0.4) is 0 Å². The van der Waals surface area contributed by atoms with Gasteiger partial charge in [0.15, 0.2) is 0 Å². The predicted molar refractivity (Wildman–Crippen MR) is 148 cm³/mol. The van der Waals surface area contributed by atoms with E-state index < -0.39 is 11.9 Å². The lowest BCUT2D eigenvalue weighted by molar-refractivity contribution is 0.00587. The molecule has 0 unspecified atom stereocenters. The summed E-state index contributed by atoms with van der Waals surface area (Å²) in [4.78, 5) is 26.7. The number of amides is 1. The monoisotopic (exact) mass is 513 g/mol. The Bertz CT molecular complexity index is 1510. The minimum absolute atomic E-state index is 0.269. The molecule has 0 bridgehead atoms. The average molecular weight is 514 g/mol. The van der Waals surface area contributed by atoms with E-state index in [1.165, 1.54) is 27.8 Å². The van der Waals surface area contributed by atoms with Gasteiger partial charge in [0, 0.05) is 85.0 Å². The van der Waals surface area contributed by atoms with E-state index in [1.807, 2.05) is 6.20 Å². The Morgan fingerprint density at radius 3 is 2.37 bits per heavy atom. The molecule has 1 amide bonds. The topological polar surface area (TPSA) is 75.7 Å². The normalized spacial score (nSPS) is 16.8. The molecule has 2 fully saturated rings. The maximum atomic E-state index is 15.3. The molecule has 6 rings (SSSR count). The van der Waals surface area contributed by atoms with Crippen molar-refractivity contribution in [1.29, 1.82) is 0 Å². The number of aryl methyl sites for hydroxylation is 2. The van der Waals surface area contributed by atoms with E-state index in [0.29, 0.717) is 16.8 Å². The van der Waals surface area contributed by atoms with Crippen molar-refractivity contribution < 1.29 is 14.3 Å². The fraction of sp³-hybridized carbons (Fsp3) is 0.333. The number of fused-ring (bicyclic) bond motifs is 1. The third kappa shape index (κ3) is 4.33. The summed E-state index contributed by atoms with van der Waals surface area (Å²) in [6.07, 6.45) is 3.12. The van der Waals surface area contributed by atoms with Crippen LogP contribution in [0.25, 0.3) is 33.3 Å². The first-order valence-electron chi connectivity index (χ1n) is 13.1. The number of piperazine rings is 1. The van der Waals surface area contributed by atoms with Crippen LogP contribution in [0.1, 0.15) is 21.5 Å². The quantitative estimate of drug-likeness (QED) is 0.427. The second-order valence-electron chi connectivity index (χ2n) is 10.6. The number of likely N-dealkylation sites (N-methyl/N-ethyl adjacent to an activating group) is 1. The molecule has 2 aliphatic rings. The van der Waals surface area contributed by atoms with E-state index in [-0.39, 0.29) is 24.6 Å². The maximum absolute atomic E-state index is 15.3. The van der Waals surface area contributed by atoms with E-state index >= 15 is 4.39 Å². The Morgan fingerprint density at radius 1 is 1.00 bits per heavy atom. The van der Waals surface area contributed by atoms with Crippen molar-refractivity contribution in [3.05, 3.63) is 71.3 Å². The number of β-amino-alcohol motifs (C(OH)–C–C–N with tert-alkyl or cyclic N) is 1. The number of rotatable bonds is 4. The molecule has 2 aliphatic heterocycles. The predicted octanol–water partition coefficient (Wildman–Crippen LogP) is 4.22. The van der Waals surface area contributed by atoms with Crippen LogP contribution < -0.4 is 4.90 Å². The van der Waals surface area contributed by atoms with E-state index in [4.69, 9.17) is 0 Å². The minimum atomic E-state index is -0.494. The van der Waals surface area contributed by atoms with E-state index in [0.717, 1.165) is 42.7 Å². The zero-order valence-corrected chi connectivity index (χ0v) is 22.0. The fourth-order valence-electron chi connectivity index (χ4n) is 5.71. The molecule has 8 heteroatoms. The molecule has 0 saturated carbocycles. The number of aromatic nitrogens is 2. The third-order valence-corrected chi connectivity index (χ3v) is 7.83. The summed E-state index contributed by atoms with van der Waals surface area (Å²) < 4.78 is 15.3. The zero-order chi connectivity index (χ0) is 26.6. The van der Waals surface area contributed by atoms with Crippen molar-refractivity contribution in [2.24, 2.45) is 0 Å². The number of aromatic amines is 1. The Morgan fingerprint density at radius 2 is 1.71 bits per heavy atom. The number of H-pyrrole nitrogens is 1. The molecule has 38 heavy (non-hydrogen) atoms. The van der Waals surface area contributed by atoms with E-state index in [1.54, 1.807) is 18.3 Å². The average Bonchev–Trinajstić information content (AvgIpc) is 3.30. The molecule has 0 atom stereocenters. The van der Waals surface area contributed by atoms with Gasteiger partial charge in [-0.15, -0.1) is 0 Å². The molecule has 0 aliphatic carbocycles. The third-order valence-electron chi connectivity index (χ3n) is 7.83. The zero-order valence-electron chi connectivity index (χ0n) is 22.0. The van der Waals surface area contributed by atoms with Crippen molar-refractivity contribution in [2.75, 3.05) is 51.2 Å². The van der Waals surface area contributed by atoms with Crippen molar-refractivity contribution in [2.45, 2.75) is 20.0 Å². The van der Waals surface area contributed by atoms with Gasteiger partial charge in [0.2, 0.25) is 0 Å². The lowest BCUT2D eigenvalue weighted by atomic mass is 9.97. The first kappa shape index (κ1) is 24.6. The molecule has 0 spiro atoms. The Balaban J connectivity index is 1.32. The highest BCUT2D eigenvalue weighted by molar-refractivity contribution is 5.98. The van der Waals surface area contributed by atoms with Gasteiger partial charge in [-0.25, -0.2) is 9.37 Å². The van der Waals surface area contributed by atoms with Crippen LogP contribution in [0.2, 0.25) is 0 Å². The number of nitrogens with zero attached hydrogens (tertiary/aromatic N) is 4. The fourth-order valence-corrected chi connectivity index (χ4v) is 5.71. The van der Waals surface area contributed by atoms with Crippen LogP contribution in [-0.2, 0) is 0 Å². The van der Waals surface area contributed by atoms with Gasteiger partial charge >= 0.3 is 0 Å². The molecular weight excluding hydrogens is 481 g/mol. The summed E-state index contributed by atoms with van der Waals surface area (Å²) in [5, 5.41) is 10.3. The first-order valence-corrected chi connectivity index (χ1v) is 13.1. The number of hydrogen-bond acceptors (Lipinski definition) is 5. The molecule has 2 saturated heterocycles. The van der Waals surface area contributed by atoms with Gasteiger partial charge in [0.25, 0.3) is 5.91 Å². The SMILES string of the molecule is Cc1cc(-c2cnc3[nH]cc(-c4ccc(C(=O)N5CC(O)C5)cc4F)c3c2)cc(C)c1N1CCN(C)CC1. The number of hydrogen-bond donors (Lipinski definition) is 2. The molecule has 196 valence electrons. The Hall–Kier alpha value is -3.75. The molecule has 4 heterocycles. The van der Waals surface area contributed by atoms with Crippen molar-refractivity contribution in [3.8, 4) is 22.3 Å². The summed E-state index contributed by atoms with van der Waals surface area (Å²) in [6, 6.07) is 11.0. The number of benzene rings is 2. The minimum Gasteiger partial charge on any atom is -0.389 e. The van der Waals surface area contributed by atoms with Crippen LogP contribution in [0.15, 0.2) is 48.8 Å². The van der Waals surface area contributed by atoms with Gasteiger partial charge in [0.1, 0.15) is 11.5 Å². The van der Waals surface area contributed by atoms with Crippen LogP contribution in [0.4, 0.5) is 10.1 Å². The number of carbonyl (C=O) groups is 1. The summed E-state index contributed by atoms with van der Waals surface area (Å²) in [5.74, 6) is -0.735. The van der Waals surface area contributed by atoms with Crippen LogP contribution in [-0.4, -0.2) is 83.2 Å². The van der Waals surface area contributed by atoms with Gasteiger partial charge in [-0.2, -0.15) is 0 Å². The molecule has 4 aromatic rings. The molecular formula is C30H32FN5O2. The number of pyridine rings is 1. The van der Waals surface area contributed by atoms with E-state index in [9.17, 15) is 9.90 Å². The highest BCUT2D eigenvalue weighted by Crippen LogP contribution is 2.35. The lowest BCUT2D eigenvalue weighted by Gasteiger charge is -2.36. The first-order chi connectivity index (χ1) is 18.3. The van der Waals surface area contributed by atoms with Crippen LogP contribution in [0, 0.1) is 19.7 Å². The van der Waals surface area contributed by atoms with Crippen molar-refractivity contribution >= 4 is 22.6 Å².